The van der Waals surface area contributed by atoms with Gasteiger partial charge in [0.1, 0.15) is 11.4 Å². The van der Waals surface area contributed by atoms with Crippen molar-refractivity contribution in [3.8, 4) is 5.75 Å². The Morgan fingerprint density at radius 2 is 1.81 bits per heavy atom. The Morgan fingerprint density at radius 1 is 1.25 bits per heavy atom. The van der Waals surface area contributed by atoms with E-state index >= 15 is 0 Å². The second-order valence-electron chi connectivity index (χ2n) is 3.14. The van der Waals surface area contributed by atoms with Crippen LogP contribution < -0.4 is 5.32 Å². The third-order valence-electron chi connectivity index (χ3n) is 1.75. The number of nitrogens with one attached hydrogen (secondary N) is 1. The van der Waals surface area contributed by atoms with Gasteiger partial charge in [-0.1, -0.05) is 12.1 Å². The molecule has 0 aromatic heterocycles. The molecule has 3 N–H and O–H groups in total. The molecule has 84 valence electrons. The van der Waals surface area contributed by atoms with Crippen LogP contribution in [0.4, 0.5) is 0 Å². The monoisotopic (exact) mass is 221 g/mol. The Bertz CT molecular complexity index is 434. The van der Waals surface area contributed by atoms with Crippen LogP contribution in [0, 0.1) is 0 Å². The molecule has 1 aromatic carbocycles. The van der Waals surface area contributed by atoms with Gasteiger partial charge >= 0.3 is 5.97 Å². The third kappa shape index (κ3) is 3.45. The number of carbonyl (C=O) groups excluding carboxylic acids is 1. The summed E-state index contributed by atoms with van der Waals surface area (Å²) in [6, 6.07) is 5.94. The molecule has 0 saturated carbocycles. The smallest absolute Gasteiger partial charge is 0.352 e. The normalized spacial score (nSPS) is 10.9. The van der Waals surface area contributed by atoms with Crippen molar-refractivity contribution in [1.29, 1.82) is 0 Å². The number of aliphatic carboxylic acids is 1. The fourth-order valence-electron chi connectivity index (χ4n) is 1.08. The van der Waals surface area contributed by atoms with E-state index in [-0.39, 0.29) is 11.4 Å². The van der Waals surface area contributed by atoms with E-state index in [1.807, 2.05) is 0 Å². The second kappa shape index (κ2) is 4.97. The molecule has 0 saturated heterocycles. The predicted molar refractivity (Wildman–Crippen MR) is 57.5 cm³/mol. The number of phenols is 1. The Morgan fingerprint density at radius 3 is 2.25 bits per heavy atom. The predicted octanol–water partition coefficient (Wildman–Crippen LogP) is 0.954. The second-order valence-corrected chi connectivity index (χ2v) is 3.14. The molecule has 0 fully saturated rings. The summed E-state index contributed by atoms with van der Waals surface area (Å²) in [4.78, 5) is 21.5. The molecule has 16 heavy (non-hydrogen) atoms. The lowest BCUT2D eigenvalue weighted by Gasteiger charge is -2.02. The molecule has 1 rings (SSSR count). The molecule has 0 aliphatic heterocycles. The van der Waals surface area contributed by atoms with Crippen molar-refractivity contribution in [2.45, 2.75) is 6.92 Å². The fourth-order valence-corrected chi connectivity index (χ4v) is 1.08. The van der Waals surface area contributed by atoms with Crippen LogP contribution in [0.3, 0.4) is 0 Å². The van der Waals surface area contributed by atoms with Crippen molar-refractivity contribution in [1.82, 2.24) is 5.32 Å². The number of carbonyl (C=O) groups is 2. The highest BCUT2D eigenvalue weighted by atomic mass is 16.4. The summed E-state index contributed by atoms with van der Waals surface area (Å²) >= 11 is 0. The molecule has 0 bridgehead atoms. The SMILES string of the molecule is CC(=O)N/C(=C\c1ccc(O)cc1)C(=O)O. The number of hydrogen-bond donors (Lipinski definition) is 3. The van der Waals surface area contributed by atoms with Gasteiger partial charge in [-0.3, -0.25) is 4.79 Å². The Balaban J connectivity index is 2.97. The summed E-state index contributed by atoms with van der Waals surface area (Å²) in [6.07, 6.45) is 1.31. The van der Waals surface area contributed by atoms with Crippen LogP contribution in [0.1, 0.15) is 12.5 Å². The highest BCUT2D eigenvalue weighted by Gasteiger charge is 2.08. The van der Waals surface area contributed by atoms with E-state index in [0.29, 0.717) is 5.56 Å². The minimum atomic E-state index is -1.22. The van der Waals surface area contributed by atoms with Crippen molar-refractivity contribution in [3.05, 3.63) is 35.5 Å². The topological polar surface area (TPSA) is 86.6 Å². The van der Waals surface area contributed by atoms with E-state index < -0.39 is 11.9 Å². The van der Waals surface area contributed by atoms with Crippen LogP contribution in [0.25, 0.3) is 6.08 Å². The van der Waals surface area contributed by atoms with Crippen LogP contribution in [0.5, 0.6) is 5.75 Å². The number of phenolic OH excluding ortho intramolecular Hbond substituents is 1. The van der Waals surface area contributed by atoms with E-state index in [0.717, 1.165) is 0 Å². The van der Waals surface area contributed by atoms with Crippen LogP contribution in [-0.2, 0) is 9.59 Å². The molecule has 0 atom stereocenters. The first-order valence-corrected chi connectivity index (χ1v) is 4.50. The van der Waals surface area contributed by atoms with Crippen molar-refractivity contribution >= 4 is 18.0 Å². The summed E-state index contributed by atoms with van der Waals surface area (Å²) < 4.78 is 0. The standard InChI is InChI=1S/C11H11NO4/c1-7(13)12-10(11(15)16)6-8-2-4-9(14)5-3-8/h2-6,14H,1H3,(H,12,13)(H,15,16)/b10-6-. The third-order valence-corrected chi connectivity index (χ3v) is 1.75. The average molecular weight is 221 g/mol. The summed E-state index contributed by atoms with van der Waals surface area (Å²) in [5.74, 6) is -1.58. The van der Waals surface area contributed by atoms with Crippen molar-refractivity contribution < 1.29 is 19.8 Å². The first-order chi connectivity index (χ1) is 7.49. The van der Waals surface area contributed by atoms with Crippen LogP contribution in [-0.4, -0.2) is 22.1 Å². The molecule has 1 aromatic rings. The highest BCUT2D eigenvalue weighted by Crippen LogP contribution is 2.12. The maximum Gasteiger partial charge on any atom is 0.352 e. The van der Waals surface area contributed by atoms with Gasteiger partial charge in [-0.25, -0.2) is 4.79 Å². The molecule has 0 spiro atoms. The molecule has 0 radical (unpaired) electrons. The van der Waals surface area contributed by atoms with Gasteiger partial charge in [0.05, 0.1) is 0 Å². The van der Waals surface area contributed by atoms with E-state index in [1.54, 1.807) is 12.1 Å². The van der Waals surface area contributed by atoms with Crippen molar-refractivity contribution in [2.24, 2.45) is 0 Å². The minimum absolute atomic E-state index is 0.0913. The fraction of sp³-hybridized carbons (Fsp3) is 0.0909. The van der Waals surface area contributed by atoms with Gasteiger partial charge in [0.25, 0.3) is 0 Å². The van der Waals surface area contributed by atoms with Crippen LogP contribution >= 0.6 is 0 Å². The maximum atomic E-state index is 10.8. The quantitative estimate of drug-likeness (QED) is 0.663. The molecule has 0 aliphatic rings. The summed E-state index contributed by atoms with van der Waals surface area (Å²) in [5, 5.41) is 20.0. The lowest BCUT2D eigenvalue weighted by molar-refractivity contribution is -0.134. The number of aromatic hydroxyl groups is 1. The zero-order chi connectivity index (χ0) is 12.1. The molecular weight excluding hydrogens is 210 g/mol. The number of carboxylic acids is 1. The Hall–Kier alpha value is -2.30. The lowest BCUT2D eigenvalue weighted by atomic mass is 10.2. The largest absolute Gasteiger partial charge is 0.508 e. The number of benzene rings is 1. The Labute approximate surface area is 92.0 Å². The molecule has 5 nitrogen and oxygen atoms in total. The van der Waals surface area contributed by atoms with E-state index in [2.05, 4.69) is 5.32 Å². The van der Waals surface area contributed by atoms with Gasteiger partial charge < -0.3 is 15.5 Å². The molecule has 0 unspecified atom stereocenters. The minimum Gasteiger partial charge on any atom is -0.508 e. The van der Waals surface area contributed by atoms with Gasteiger partial charge in [0.2, 0.25) is 5.91 Å². The number of carboxylic acid groups (broad SMARTS) is 1. The van der Waals surface area contributed by atoms with Crippen LogP contribution in [0.2, 0.25) is 0 Å². The zero-order valence-corrected chi connectivity index (χ0v) is 8.60. The first kappa shape index (κ1) is 11.8. The van der Waals surface area contributed by atoms with Gasteiger partial charge in [-0.15, -0.1) is 0 Å². The van der Waals surface area contributed by atoms with Gasteiger partial charge in [0.15, 0.2) is 0 Å². The Kier molecular flexibility index (Phi) is 3.66. The lowest BCUT2D eigenvalue weighted by Crippen LogP contribution is -2.24. The molecule has 1 amide bonds. The van der Waals surface area contributed by atoms with Crippen molar-refractivity contribution in [3.63, 3.8) is 0 Å². The number of hydrogen-bond acceptors (Lipinski definition) is 3. The number of rotatable bonds is 3. The molecule has 0 heterocycles. The van der Waals surface area contributed by atoms with E-state index in [4.69, 9.17) is 10.2 Å². The summed E-state index contributed by atoms with van der Waals surface area (Å²) in [5.41, 5.74) is 0.363. The summed E-state index contributed by atoms with van der Waals surface area (Å²) in [6.45, 7) is 1.23. The van der Waals surface area contributed by atoms with Gasteiger partial charge in [-0.2, -0.15) is 0 Å². The first-order valence-electron chi connectivity index (χ1n) is 4.50. The van der Waals surface area contributed by atoms with E-state index in [1.165, 1.54) is 25.1 Å². The highest BCUT2D eigenvalue weighted by molar-refractivity contribution is 5.96. The molecule has 5 heteroatoms. The molecular formula is C11H11NO4. The summed E-state index contributed by atoms with van der Waals surface area (Å²) in [7, 11) is 0. The maximum absolute atomic E-state index is 10.8. The van der Waals surface area contributed by atoms with Gasteiger partial charge in [-0.05, 0) is 23.8 Å². The molecule has 0 aliphatic carbocycles. The number of amides is 1. The average Bonchev–Trinajstić information content (AvgIpc) is 2.19. The van der Waals surface area contributed by atoms with Crippen LogP contribution in [0.15, 0.2) is 30.0 Å². The zero-order valence-electron chi connectivity index (χ0n) is 8.60. The van der Waals surface area contributed by atoms with Crippen molar-refractivity contribution in [2.75, 3.05) is 0 Å². The van der Waals surface area contributed by atoms with Gasteiger partial charge in [0, 0.05) is 6.92 Å². The van der Waals surface area contributed by atoms with E-state index in [9.17, 15) is 9.59 Å².